The summed E-state index contributed by atoms with van der Waals surface area (Å²) in [6.45, 7) is 1.90. The maximum atomic E-state index is 13.7. The Morgan fingerprint density at radius 1 is 1.58 bits per heavy atom. The number of thioether (sulfide) groups is 1. The Bertz CT molecular complexity index is 527. The van der Waals surface area contributed by atoms with Gasteiger partial charge in [0.15, 0.2) is 0 Å². The van der Waals surface area contributed by atoms with E-state index in [9.17, 15) is 9.18 Å². The molecule has 102 valence electrons. The van der Waals surface area contributed by atoms with Crippen molar-refractivity contribution in [3.63, 3.8) is 0 Å². The second-order valence-electron chi connectivity index (χ2n) is 4.66. The van der Waals surface area contributed by atoms with Crippen LogP contribution in [0.2, 0.25) is 0 Å². The fourth-order valence-electron chi connectivity index (χ4n) is 2.09. The highest BCUT2D eigenvalue weighted by molar-refractivity contribution is 8.01. The molecule has 1 aliphatic heterocycles. The molecule has 0 aromatic heterocycles. The van der Waals surface area contributed by atoms with Crippen molar-refractivity contribution < 1.29 is 9.18 Å². The molecule has 1 aromatic carbocycles. The monoisotopic (exact) mass is 298 g/mol. The van der Waals surface area contributed by atoms with Crippen LogP contribution in [0.3, 0.4) is 0 Å². The number of nitrogens with one attached hydrogen (secondary N) is 1. The maximum absolute atomic E-state index is 13.7. The smallest absolute Gasteiger partial charge is 0.240 e. The van der Waals surface area contributed by atoms with E-state index in [0.717, 1.165) is 18.6 Å². The third-order valence-corrected chi connectivity index (χ3v) is 4.93. The van der Waals surface area contributed by atoms with Crippen molar-refractivity contribution in [2.45, 2.75) is 24.5 Å². The number of anilines is 1. The first-order valence-electron chi connectivity index (χ1n) is 5.98. The SMILES string of the molecule is CC1(C(=O)Nc2cccc(F)c2C(N)=S)CCCS1. The first-order chi connectivity index (χ1) is 8.94. The molecule has 0 aliphatic carbocycles. The number of benzene rings is 1. The zero-order valence-corrected chi connectivity index (χ0v) is 12.2. The fourth-order valence-corrected chi connectivity index (χ4v) is 3.51. The molecule has 0 bridgehead atoms. The summed E-state index contributed by atoms with van der Waals surface area (Å²) in [6, 6.07) is 4.41. The molecule has 3 nitrogen and oxygen atoms in total. The standard InChI is InChI=1S/C13H15FN2OS2/c1-13(6-3-7-19-13)12(17)16-9-5-2-4-8(14)10(9)11(15)18/h2,4-5H,3,6-7H2,1H3,(H2,15,18)(H,16,17). The first kappa shape index (κ1) is 14.3. The zero-order chi connectivity index (χ0) is 14.0. The van der Waals surface area contributed by atoms with Gasteiger partial charge in [0.05, 0.1) is 16.0 Å². The van der Waals surface area contributed by atoms with E-state index >= 15 is 0 Å². The van der Waals surface area contributed by atoms with E-state index in [4.69, 9.17) is 18.0 Å². The topological polar surface area (TPSA) is 55.1 Å². The van der Waals surface area contributed by atoms with Crippen LogP contribution >= 0.6 is 24.0 Å². The molecule has 0 spiro atoms. The van der Waals surface area contributed by atoms with Crippen LogP contribution in [0.1, 0.15) is 25.3 Å². The number of amides is 1. The van der Waals surface area contributed by atoms with Gasteiger partial charge in [0.25, 0.3) is 0 Å². The van der Waals surface area contributed by atoms with Crippen LogP contribution in [-0.4, -0.2) is 21.4 Å². The van der Waals surface area contributed by atoms with Crippen LogP contribution < -0.4 is 11.1 Å². The predicted octanol–water partition coefficient (Wildman–Crippen LogP) is 2.68. The van der Waals surface area contributed by atoms with Gasteiger partial charge in [-0.05, 0) is 37.7 Å². The van der Waals surface area contributed by atoms with Gasteiger partial charge in [-0.3, -0.25) is 4.79 Å². The van der Waals surface area contributed by atoms with Gasteiger partial charge in [-0.25, -0.2) is 4.39 Å². The number of nitrogens with two attached hydrogens (primary N) is 1. The Morgan fingerprint density at radius 3 is 2.89 bits per heavy atom. The Hall–Kier alpha value is -1.14. The Balaban J connectivity index is 2.26. The second-order valence-corrected chi connectivity index (χ2v) is 6.70. The van der Waals surface area contributed by atoms with Crippen molar-refractivity contribution >= 4 is 40.6 Å². The summed E-state index contributed by atoms with van der Waals surface area (Å²) < 4.78 is 13.2. The minimum Gasteiger partial charge on any atom is -0.389 e. The number of carbonyl (C=O) groups is 1. The van der Waals surface area contributed by atoms with Gasteiger partial charge in [0, 0.05) is 0 Å². The molecule has 19 heavy (non-hydrogen) atoms. The normalized spacial score (nSPS) is 22.2. The highest BCUT2D eigenvalue weighted by Gasteiger charge is 2.37. The molecule has 1 atom stereocenters. The minimum atomic E-state index is -0.519. The van der Waals surface area contributed by atoms with Crippen molar-refractivity contribution in [3.8, 4) is 0 Å². The average Bonchev–Trinajstić information content (AvgIpc) is 2.77. The van der Waals surface area contributed by atoms with Crippen LogP contribution in [0, 0.1) is 5.82 Å². The predicted molar refractivity (Wildman–Crippen MR) is 81.0 cm³/mol. The molecule has 1 heterocycles. The van der Waals surface area contributed by atoms with Gasteiger partial charge in [-0.2, -0.15) is 0 Å². The van der Waals surface area contributed by atoms with E-state index < -0.39 is 10.6 Å². The second kappa shape index (κ2) is 5.46. The summed E-state index contributed by atoms with van der Waals surface area (Å²) in [7, 11) is 0. The quantitative estimate of drug-likeness (QED) is 0.843. The molecule has 0 saturated carbocycles. The van der Waals surface area contributed by atoms with E-state index in [1.165, 1.54) is 12.1 Å². The van der Waals surface area contributed by atoms with Crippen LogP contribution in [0.5, 0.6) is 0 Å². The fraction of sp³-hybridized carbons (Fsp3) is 0.385. The summed E-state index contributed by atoms with van der Waals surface area (Å²) >= 11 is 6.45. The number of hydrogen-bond donors (Lipinski definition) is 2. The Morgan fingerprint density at radius 2 is 2.32 bits per heavy atom. The van der Waals surface area contributed by atoms with Crippen LogP contribution in [0.25, 0.3) is 0 Å². The van der Waals surface area contributed by atoms with E-state index in [0.29, 0.717) is 5.69 Å². The van der Waals surface area contributed by atoms with Gasteiger partial charge < -0.3 is 11.1 Å². The minimum absolute atomic E-state index is 0.0578. The van der Waals surface area contributed by atoms with Crippen LogP contribution in [-0.2, 0) is 4.79 Å². The summed E-state index contributed by atoms with van der Waals surface area (Å²) in [5.41, 5.74) is 5.95. The third kappa shape index (κ3) is 2.90. The van der Waals surface area contributed by atoms with Crippen LogP contribution in [0.4, 0.5) is 10.1 Å². The van der Waals surface area contributed by atoms with E-state index in [1.54, 1.807) is 17.8 Å². The van der Waals surface area contributed by atoms with Crippen molar-refractivity contribution in [1.29, 1.82) is 0 Å². The molecular formula is C13H15FN2OS2. The van der Waals surface area contributed by atoms with Crippen molar-refractivity contribution in [3.05, 3.63) is 29.6 Å². The van der Waals surface area contributed by atoms with E-state index in [-0.39, 0.29) is 16.5 Å². The maximum Gasteiger partial charge on any atom is 0.240 e. The molecule has 3 N–H and O–H groups in total. The molecule has 1 amide bonds. The molecule has 1 saturated heterocycles. The lowest BCUT2D eigenvalue weighted by Crippen LogP contribution is -2.35. The Kier molecular flexibility index (Phi) is 4.10. The largest absolute Gasteiger partial charge is 0.389 e. The molecule has 1 unspecified atom stereocenters. The molecule has 1 fully saturated rings. The highest BCUT2D eigenvalue weighted by Crippen LogP contribution is 2.38. The van der Waals surface area contributed by atoms with Gasteiger partial charge in [0.2, 0.25) is 5.91 Å². The number of carbonyl (C=O) groups excluding carboxylic acids is 1. The molecule has 1 aromatic rings. The lowest BCUT2D eigenvalue weighted by Gasteiger charge is -2.22. The third-order valence-electron chi connectivity index (χ3n) is 3.21. The summed E-state index contributed by atoms with van der Waals surface area (Å²) in [5.74, 6) is 0.322. The lowest BCUT2D eigenvalue weighted by atomic mass is 10.0. The molecular weight excluding hydrogens is 283 g/mol. The number of halogens is 1. The first-order valence-corrected chi connectivity index (χ1v) is 7.37. The van der Waals surface area contributed by atoms with Crippen molar-refractivity contribution in [2.75, 3.05) is 11.1 Å². The van der Waals surface area contributed by atoms with Crippen molar-refractivity contribution in [1.82, 2.24) is 0 Å². The number of hydrogen-bond acceptors (Lipinski definition) is 3. The zero-order valence-electron chi connectivity index (χ0n) is 10.5. The summed E-state index contributed by atoms with van der Waals surface area (Å²) in [4.78, 5) is 12.2. The van der Waals surface area contributed by atoms with E-state index in [1.807, 2.05) is 6.92 Å². The molecule has 1 aliphatic rings. The molecule has 6 heteroatoms. The summed E-state index contributed by atoms with van der Waals surface area (Å²) in [5, 5.41) is 2.75. The number of rotatable bonds is 3. The highest BCUT2D eigenvalue weighted by atomic mass is 32.2. The van der Waals surface area contributed by atoms with Gasteiger partial charge >= 0.3 is 0 Å². The Labute approximate surface area is 121 Å². The number of thiocarbonyl (C=S) groups is 1. The van der Waals surface area contributed by atoms with Gasteiger partial charge in [-0.1, -0.05) is 18.3 Å². The van der Waals surface area contributed by atoms with Gasteiger partial charge in [-0.15, -0.1) is 11.8 Å². The van der Waals surface area contributed by atoms with E-state index in [2.05, 4.69) is 5.32 Å². The van der Waals surface area contributed by atoms with Gasteiger partial charge in [0.1, 0.15) is 10.8 Å². The summed E-state index contributed by atoms with van der Waals surface area (Å²) in [6.07, 6.45) is 1.83. The lowest BCUT2D eigenvalue weighted by molar-refractivity contribution is -0.118. The molecule has 0 radical (unpaired) electrons. The average molecular weight is 298 g/mol. The molecule has 2 rings (SSSR count). The van der Waals surface area contributed by atoms with Crippen molar-refractivity contribution in [2.24, 2.45) is 5.73 Å². The van der Waals surface area contributed by atoms with Crippen LogP contribution in [0.15, 0.2) is 18.2 Å².